The first-order chi connectivity index (χ1) is 13.4. The molecule has 0 amide bonds. The maximum absolute atomic E-state index is 12.4. The third-order valence-corrected chi connectivity index (χ3v) is 3.70. The lowest BCUT2D eigenvalue weighted by atomic mass is 10.1. The van der Waals surface area contributed by atoms with Crippen LogP contribution in [0.25, 0.3) is 6.08 Å². The van der Waals surface area contributed by atoms with Crippen molar-refractivity contribution in [2.24, 2.45) is 4.99 Å². The molecule has 0 aromatic heterocycles. The summed E-state index contributed by atoms with van der Waals surface area (Å²) in [7, 11) is 1.28. The van der Waals surface area contributed by atoms with Gasteiger partial charge in [0.2, 0.25) is 5.90 Å². The first kappa shape index (κ1) is 19.0. The van der Waals surface area contributed by atoms with E-state index < -0.39 is 18.6 Å². The Morgan fingerprint density at radius 3 is 2.50 bits per heavy atom. The van der Waals surface area contributed by atoms with Gasteiger partial charge in [0.05, 0.1) is 13.1 Å². The van der Waals surface area contributed by atoms with Gasteiger partial charge in [-0.2, -0.15) is 8.78 Å². The molecule has 1 aliphatic rings. The monoisotopic (exact) mass is 388 g/mol. The number of alkyl halides is 2. The van der Waals surface area contributed by atoms with Crippen molar-refractivity contribution in [3.05, 3.63) is 64.9 Å². The van der Waals surface area contributed by atoms with Gasteiger partial charge in [0, 0.05) is 5.56 Å². The van der Waals surface area contributed by atoms with E-state index in [2.05, 4.69) is 9.73 Å². The zero-order valence-electron chi connectivity index (χ0n) is 14.3. The molecule has 0 bridgehead atoms. The highest BCUT2D eigenvalue weighted by Gasteiger charge is 2.25. The molecule has 144 valence electrons. The number of carbonyl (C=O) groups is 2. The number of carboxylic acids is 1. The number of halogens is 2. The van der Waals surface area contributed by atoms with Crippen molar-refractivity contribution >= 4 is 23.9 Å². The summed E-state index contributed by atoms with van der Waals surface area (Å²) >= 11 is 0. The molecule has 1 aliphatic heterocycles. The molecule has 0 fully saturated rings. The summed E-state index contributed by atoms with van der Waals surface area (Å²) in [6, 6.07) is 9.62. The summed E-state index contributed by atoms with van der Waals surface area (Å²) < 4.78 is 39.3. The number of ether oxygens (including phenoxy) is 3. The van der Waals surface area contributed by atoms with E-state index in [0.717, 1.165) is 0 Å². The van der Waals surface area contributed by atoms with Crippen LogP contribution in [0.3, 0.4) is 0 Å². The van der Waals surface area contributed by atoms with Gasteiger partial charge in [-0.3, -0.25) is 0 Å². The second kappa shape index (κ2) is 7.87. The van der Waals surface area contributed by atoms with Crippen molar-refractivity contribution < 1.29 is 37.7 Å². The number of carboxylic acid groups (broad SMARTS) is 1. The third kappa shape index (κ3) is 4.14. The van der Waals surface area contributed by atoms with Crippen LogP contribution in [0, 0.1) is 0 Å². The molecule has 0 unspecified atom stereocenters. The van der Waals surface area contributed by atoms with Crippen LogP contribution in [0.15, 0.2) is 53.2 Å². The van der Waals surface area contributed by atoms with Crippen LogP contribution in [0.4, 0.5) is 8.78 Å². The highest BCUT2D eigenvalue weighted by atomic mass is 19.3. The molecule has 2 aromatic carbocycles. The summed E-state index contributed by atoms with van der Waals surface area (Å²) in [4.78, 5) is 26.9. The summed E-state index contributed by atoms with van der Waals surface area (Å²) in [6.45, 7) is -3.01. The molecule has 2 aromatic rings. The van der Waals surface area contributed by atoms with E-state index in [9.17, 15) is 23.5 Å². The Labute approximate surface area is 157 Å². The number of hydrogen-bond acceptors (Lipinski definition) is 7. The molecule has 7 nitrogen and oxygen atoms in total. The summed E-state index contributed by atoms with van der Waals surface area (Å²) in [5, 5.41) is 10.8. The number of carbonyl (C=O) groups excluding carboxylic acids is 2. The zero-order chi connectivity index (χ0) is 20.3. The SMILES string of the molecule is COc1cc(C2=N/C(=C\c3ccc(C(=O)[O-])cc3)C(=O)O2)ccc1OC(F)F. The number of esters is 1. The molecule has 0 saturated carbocycles. The fraction of sp³-hybridized carbons (Fsp3) is 0.105. The average Bonchev–Trinajstić information content (AvgIpc) is 3.02. The molecular formula is C19H12F2NO6-. The Balaban J connectivity index is 1.88. The van der Waals surface area contributed by atoms with Gasteiger partial charge >= 0.3 is 12.6 Å². The van der Waals surface area contributed by atoms with Crippen molar-refractivity contribution in [3.63, 3.8) is 0 Å². The van der Waals surface area contributed by atoms with E-state index in [1.165, 1.54) is 55.7 Å². The Kier molecular flexibility index (Phi) is 5.35. The number of nitrogens with zero attached hydrogens (tertiary/aromatic N) is 1. The van der Waals surface area contributed by atoms with E-state index in [1.54, 1.807) is 0 Å². The van der Waals surface area contributed by atoms with E-state index in [0.29, 0.717) is 11.1 Å². The molecule has 1 heterocycles. The van der Waals surface area contributed by atoms with Gasteiger partial charge in [0.25, 0.3) is 0 Å². The minimum Gasteiger partial charge on any atom is -0.545 e. The van der Waals surface area contributed by atoms with Gasteiger partial charge in [-0.05, 0) is 35.4 Å². The number of aromatic carboxylic acids is 1. The number of cyclic esters (lactones) is 1. The predicted molar refractivity (Wildman–Crippen MR) is 91.0 cm³/mol. The maximum atomic E-state index is 12.4. The second-order valence-electron chi connectivity index (χ2n) is 5.49. The van der Waals surface area contributed by atoms with E-state index in [1.807, 2.05) is 0 Å². The zero-order valence-corrected chi connectivity index (χ0v) is 14.3. The summed E-state index contributed by atoms with van der Waals surface area (Å²) in [5.41, 5.74) is 0.837. The Bertz CT molecular complexity index is 982. The quantitative estimate of drug-likeness (QED) is 0.555. The smallest absolute Gasteiger partial charge is 0.387 e. The fourth-order valence-electron chi connectivity index (χ4n) is 2.40. The van der Waals surface area contributed by atoms with Crippen molar-refractivity contribution in [2.45, 2.75) is 6.61 Å². The lowest BCUT2D eigenvalue weighted by molar-refractivity contribution is -0.255. The standard InChI is InChI=1S/C19H13F2NO6/c1-26-15-9-12(6-7-14(15)27-19(20)21)16-22-13(18(25)28-16)8-10-2-4-11(5-3-10)17(23)24/h2-9,19H,1H3,(H,23,24)/p-1/b13-8-. The lowest BCUT2D eigenvalue weighted by Gasteiger charge is -2.10. The van der Waals surface area contributed by atoms with Gasteiger partial charge in [-0.15, -0.1) is 0 Å². The molecule has 0 N–H and O–H groups in total. The van der Waals surface area contributed by atoms with Crippen LogP contribution in [0.1, 0.15) is 21.5 Å². The van der Waals surface area contributed by atoms with E-state index in [-0.39, 0.29) is 28.7 Å². The number of aliphatic imine (C=N–C) groups is 1. The first-order valence-electron chi connectivity index (χ1n) is 7.84. The van der Waals surface area contributed by atoms with Crippen LogP contribution in [0.5, 0.6) is 11.5 Å². The fourth-order valence-corrected chi connectivity index (χ4v) is 2.40. The Morgan fingerprint density at radius 1 is 1.18 bits per heavy atom. The molecule has 0 aliphatic carbocycles. The van der Waals surface area contributed by atoms with Crippen LogP contribution in [-0.4, -0.2) is 31.6 Å². The van der Waals surface area contributed by atoms with Gasteiger partial charge < -0.3 is 24.1 Å². The van der Waals surface area contributed by atoms with Crippen LogP contribution >= 0.6 is 0 Å². The third-order valence-electron chi connectivity index (χ3n) is 3.70. The molecule has 0 saturated heterocycles. The van der Waals surface area contributed by atoms with Crippen molar-refractivity contribution in [1.82, 2.24) is 0 Å². The Hall–Kier alpha value is -3.75. The second-order valence-corrected chi connectivity index (χ2v) is 5.49. The number of methoxy groups -OCH3 is 1. The molecular weight excluding hydrogens is 376 g/mol. The molecule has 3 rings (SSSR count). The van der Waals surface area contributed by atoms with Crippen LogP contribution in [-0.2, 0) is 9.53 Å². The summed E-state index contributed by atoms with van der Waals surface area (Å²) in [5.74, 6) is -2.22. The highest BCUT2D eigenvalue weighted by molar-refractivity contribution is 6.13. The van der Waals surface area contributed by atoms with Gasteiger partial charge in [-0.25, -0.2) is 9.79 Å². The van der Waals surface area contributed by atoms with E-state index in [4.69, 9.17) is 9.47 Å². The molecule has 0 spiro atoms. The minimum absolute atomic E-state index is 0.00135. The number of benzene rings is 2. The topological polar surface area (TPSA) is 97.2 Å². The Morgan fingerprint density at radius 2 is 1.89 bits per heavy atom. The highest BCUT2D eigenvalue weighted by Crippen LogP contribution is 2.31. The summed E-state index contributed by atoms with van der Waals surface area (Å²) in [6.07, 6.45) is 1.42. The van der Waals surface area contributed by atoms with Crippen LogP contribution < -0.4 is 14.6 Å². The number of hydrogen-bond donors (Lipinski definition) is 0. The first-order valence-corrected chi connectivity index (χ1v) is 7.84. The van der Waals surface area contributed by atoms with E-state index >= 15 is 0 Å². The minimum atomic E-state index is -3.01. The molecule has 0 radical (unpaired) electrons. The molecule has 28 heavy (non-hydrogen) atoms. The van der Waals surface area contributed by atoms with Crippen LogP contribution in [0.2, 0.25) is 0 Å². The molecule has 9 heteroatoms. The van der Waals surface area contributed by atoms with Gasteiger partial charge in [0.1, 0.15) is 0 Å². The average molecular weight is 388 g/mol. The lowest BCUT2D eigenvalue weighted by Crippen LogP contribution is -2.21. The number of rotatable bonds is 6. The maximum Gasteiger partial charge on any atom is 0.387 e. The van der Waals surface area contributed by atoms with Crippen molar-refractivity contribution in [2.75, 3.05) is 7.11 Å². The predicted octanol–water partition coefficient (Wildman–Crippen LogP) is 2.00. The van der Waals surface area contributed by atoms with Gasteiger partial charge in [-0.1, -0.05) is 24.3 Å². The molecule has 0 atom stereocenters. The van der Waals surface area contributed by atoms with Gasteiger partial charge in [0.15, 0.2) is 17.2 Å². The normalized spacial score (nSPS) is 14.8. The largest absolute Gasteiger partial charge is 0.545 e. The van der Waals surface area contributed by atoms with Crippen molar-refractivity contribution in [1.29, 1.82) is 0 Å². The van der Waals surface area contributed by atoms with Crippen molar-refractivity contribution in [3.8, 4) is 11.5 Å².